The number of carbonyl (C=O) groups excluding carboxylic acids is 2. The highest BCUT2D eigenvalue weighted by atomic mass is 35.5. The number of benzene rings is 1. The van der Waals surface area contributed by atoms with E-state index in [0.717, 1.165) is 12.3 Å². The minimum Gasteiger partial charge on any atom is -0.484 e. The van der Waals surface area contributed by atoms with Crippen molar-refractivity contribution in [2.24, 2.45) is 0 Å². The van der Waals surface area contributed by atoms with Gasteiger partial charge in [0.1, 0.15) is 11.6 Å². The molecule has 0 saturated heterocycles. The van der Waals surface area contributed by atoms with Gasteiger partial charge in [0.2, 0.25) is 5.88 Å². The van der Waals surface area contributed by atoms with Gasteiger partial charge in [-0.1, -0.05) is 11.6 Å². The van der Waals surface area contributed by atoms with E-state index in [9.17, 15) is 22.8 Å². The predicted octanol–water partition coefficient (Wildman–Crippen LogP) is 3.47. The van der Waals surface area contributed by atoms with Crippen LogP contribution in [0, 0.1) is 5.82 Å². The van der Waals surface area contributed by atoms with E-state index in [2.05, 4.69) is 20.4 Å². The zero-order valence-electron chi connectivity index (χ0n) is 16.9. The fourth-order valence-electron chi connectivity index (χ4n) is 4.17. The van der Waals surface area contributed by atoms with Crippen LogP contribution in [-0.4, -0.2) is 40.6 Å². The Hall–Kier alpha value is -3.01. The van der Waals surface area contributed by atoms with E-state index < -0.39 is 23.0 Å². The highest BCUT2D eigenvalue weighted by Gasteiger charge is 2.69. The molecule has 7 nitrogen and oxygen atoms in total. The first kappa shape index (κ1) is 22.2. The minimum absolute atomic E-state index is 0.0365. The SMILES string of the molecule is CC(F)(F)Oc1ccc(C(=O)NC23CC(NC(=O)COc4ccc(Cl)c(F)c4)(C2)C3)cn1. The van der Waals surface area contributed by atoms with Crippen molar-refractivity contribution in [2.45, 2.75) is 43.4 Å². The summed E-state index contributed by atoms with van der Waals surface area (Å²) in [6.07, 6.45) is -0.523. The van der Waals surface area contributed by atoms with Crippen LogP contribution in [0.5, 0.6) is 11.6 Å². The molecule has 3 aliphatic carbocycles. The number of nitrogens with one attached hydrogen (secondary N) is 2. The summed E-state index contributed by atoms with van der Waals surface area (Å²) in [5.74, 6) is -1.48. The number of alkyl halides is 2. The van der Waals surface area contributed by atoms with Crippen molar-refractivity contribution < 1.29 is 32.2 Å². The third-order valence-corrected chi connectivity index (χ3v) is 5.66. The van der Waals surface area contributed by atoms with Gasteiger partial charge in [-0.25, -0.2) is 9.37 Å². The first-order valence-electron chi connectivity index (χ1n) is 9.71. The van der Waals surface area contributed by atoms with Crippen LogP contribution in [0.3, 0.4) is 0 Å². The number of hydrogen-bond acceptors (Lipinski definition) is 5. The van der Waals surface area contributed by atoms with Crippen LogP contribution in [0.25, 0.3) is 0 Å². The maximum absolute atomic E-state index is 13.4. The molecular formula is C21H19ClF3N3O4. The maximum atomic E-state index is 13.4. The number of rotatable bonds is 8. The van der Waals surface area contributed by atoms with Gasteiger partial charge in [-0.3, -0.25) is 9.59 Å². The van der Waals surface area contributed by atoms with Gasteiger partial charge in [0.05, 0.1) is 10.6 Å². The van der Waals surface area contributed by atoms with Crippen molar-refractivity contribution >= 4 is 23.4 Å². The Morgan fingerprint density at radius 2 is 1.84 bits per heavy atom. The first-order chi connectivity index (χ1) is 15.0. The van der Waals surface area contributed by atoms with Crippen LogP contribution >= 0.6 is 11.6 Å². The Labute approximate surface area is 186 Å². The van der Waals surface area contributed by atoms with E-state index in [1.165, 1.54) is 24.3 Å². The molecule has 1 aromatic carbocycles. The number of pyridine rings is 1. The third kappa shape index (κ3) is 4.74. The summed E-state index contributed by atoms with van der Waals surface area (Å²) in [5.41, 5.74) is -0.610. The molecule has 3 fully saturated rings. The largest absolute Gasteiger partial charge is 0.484 e. The molecule has 2 amide bonds. The monoisotopic (exact) mass is 469 g/mol. The number of halogens is 4. The normalized spacial score (nSPS) is 23.4. The number of carbonyl (C=O) groups is 2. The van der Waals surface area contributed by atoms with Gasteiger partial charge in [0, 0.05) is 36.3 Å². The van der Waals surface area contributed by atoms with Gasteiger partial charge in [-0.05, 0) is 37.5 Å². The summed E-state index contributed by atoms with van der Waals surface area (Å²) in [5, 5.41) is 5.76. The predicted molar refractivity (Wildman–Crippen MR) is 107 cm³/mol. The molecule has 0 aliphatic heterocycles. The Bertz CT molecular complexity index is 1040. The summed E-state index contributed by atoms with van der Waals surface area (Å²) in [7, 11) is 0. The molecule has 2 bridgehead atoms. The van der Waals surface area contributed by atoms with Crippen LogP contribution in [0.15, 0.2) is 36.5 Å². The lowest BCUT2D eigenvalue weighted by molar-refractivity contribution is -0.161. The van der Waals surface area contributed by atoms with Crippen LogP contribution in [-0.2, 0) is 4.79 Å². The Balaban J connectivity index is 1.22. The smallest absolute Gasteiger partial charge is 0.396 e. The topological polar surface area (TPSA) is 89.6 Å². The minimum atomic E-state index is -3.36. The van der Waals surface area contributed by atoms with Crippen LogP contribution in [0.2, 0.25) is 5.02 Å². The number of ether oxygens (including phenoxy) is 2. The van der Waals surface area contributed by atoms with Crippen molar-refractivity contribution in [2.75, 3.05) is 6.61 Å². The molecular weight excluding hydrogens is 451 g/mol. The van der Waals surface area contributed by atoms with E-state index in [1.54, 1.807) is 0 Å². The standard InChI is InChI=1S/C21H19ClF3N3O4/c1-19(24,25)32-17-5-2-12(7-26-17)18(30)28-21-9-20(10-21,11-21)27-16(29)8-31-13-3-4-14(22)15(23)6-13/h2-7H,8-11H2,1H3,(H,27,29)(H,28,30). The van der Waals surface area contributed by atoms with Gasteiger partial charge in [0.15, 0.2) is 6.61 Å². The molecule has 0 unspecified atom stereocenters. The van der Waals surface area contributed by atoms with Crippen molar-refractivity contribution in [1.29, 1.82) is 0 Å². The van der Waals surface area contributed by atoms with E-state index in [-0.39, 0.29) is 40.6 Å². The molecule has 32 heavy (non-hydrogen) atoms. The van der Waals surface area contributed by atoms with E-state index in [1.807, 2.05) is 0 Å². The van der Waals surface area contributed by atoms with Gasteiger partial charge in [0.25, 0.3) is 11.8 Å². The second-order valence-electron chi connectivity index (χ2n) is 8.25. The number of hydrogen-bond donors (Lipinski definition) is 2. The van der Waals surface area contributed by atoms with Gasteiger partial charge < -0.3 is 20.1 Å². The third-order valence-electron chi connectivity index (χ3n) is 5.36. The zero-order chi connectivity index (χ0) is 23.1. The second kappa shape index (κ2) is 7.84. The van der Waals surface area contributed by atoms with E-state index in [0.29, 0.717) is 26.2 Å². The molecule has 0 atom stereocenters. The number of amides is 2. The second-order valence-corrected chi connectivity index (χ2v) is 8.66. The number of aromatic nitrogens is 1. The molecule has 2 aromatic rings. The van der Waals surface area contributed by atoms with Crippen LogP contribution in [0.1, 0.15) is 36.5 Å². The van der Waals surface area contributed by atoms with Crippen molar-refractivity contribution in [1.82, 2.24) is 15.6 Å². The lowest BCUT2D eigenvalue weighted by Gasteiger charge is -2.70. The average Bonchev–Trinajstić information content (AvgIpc) is 2.65. The fourth-order valence-corrected chi connectivity index (χ4v) is 4.29. The van der Waals surface area contributed by atoms with Crippen molar-refractivity contribution in [3.05, 3.63) is 52.9 Å². The highest BCUT2D eigenvalue weighted by molar-refractivity contribution is 6.30. The highest BCUT2D eigenvalue weighted by Crippen LogP contribution is 2.60. The lowest BCUT2D eigenvalue weighted by Crippen LogP contribution is -2.84. The fraction of sp³-hybridized carbons (Fsp3) is 0.381. The molecule has 170 valence electrons. The van der Waals surface area contributed by atoms with E-state index >= 15 is 0 Å². The Kier molecular flexibility index (Phi) is 5.44. The van der Waals surface area contributed by atoms with Crippen LogP contribution < -0.4 is 20.1 Å². The van der Waals surface area contributed by atoms with Gasteiger partial charge >= 0.3 is 6.11 Å². The summed E-state index contributed by atoms with van der Waals surface area (Å²) < 4.78 is 48.7. The van der Waals surface area contributed by atoms with E-state index in [4.69, 9.17) is 16.3 Å². The van der Waals surface area contributed by atoms with Crippen LogP contribution in [0.4, 0.5) is 13.2 Å². The first-order valence-corrected chi connectivity index (χ1v) is 10.1. The summed E-state index contributed by atoms with van der Waals surface area (Å²) >= 11 is 5.60. The van der Waals surface area contributed by atoms with Crippen molar-refractivity contribution in [3.63, 3.8) is 0 Å². The molecule has 0 radical (unpaired) electrons. The maximum Gasteiger partial charge on any atom is 0.396 e. The summed E-state index contributed by atoms with van der Waals surface area (Å²) in [4.78, 5) is 28.3. The van der Waals surface area contributed by atoms with Gasteiger partial charge in [-0.15, -0.1) is 0 Å². The summed E-state index contributed by atoms with van der Waals surface area (Å²) in [6.45, 7) is 0.315. The molecule has 5 rings (SSSR count). The van der Waals surface area contributed by atoms with Gasteiger partial charge in [-0.2, -0.15) is 8.78 Å². The molecule has 3 saturated carbocycles. The molecule has 3 aliphatic rings. The number of nitrogens with zero attached hydrogens (tertiary/aromatic N) is 1. The molecule has 1 heterocycles. The molecule has 0 spiro atoms. The lowest BCUT2D eigenvalue weighted by atomic mass is 9.44. The Morgan fingerprint density at radius 1 is 1.16 bits per heavy atom. The van der Waals surface area contributed by atoms with Crippen molar-refractivity contribution in [3.8, 4) is 11.6 Å². The molecule has 11 heteroatoms. The molecule has 1 aromatic heterocycles. The zero-order valence-corrected chi connectivity index (χ0v) is 17.6. The molecule has 2 N–H and O–H groups in total. The summed E-state index contributed by atoms with van der Waals surface area (Å²) in [6, 6.07) is 6.45. The quantitative estimate of drug-likeness (QED) is 0.618. The average molecular weight is 470 g/mol. The Morgan fingerprint density at radius 3 is 2.44 bits per heavy atom.